The van der Waals surface area contributed by atoms with Crippen molar-refractivity contribution in [2.45, 2.75) is 45.1 Å². The van der Waals surface area contributed by atoms with Gasteiger partial charge in [-0.05, 0) is 67.5 Å². The molecule has 2 aromatic rings. The zero-order valence-electron chi connectivity index (χ0n) is 13.8. The average molecular weight is 327 g/mol. The van der Waals surface area contributed by atoms with Gasteiger partial charge in [-0.25, -0.2) is 4.39 Å². The number of para-hydroxylation sites is 1. The summed E-state index contributed by atoms with van der Waals surface area (Å²) in [5.41, 5.74) is 2.86. The molecule has 4 heteroatoms. The first-order valence-electron chi connectivity index (χ1n) is 8.51. The fraction of sp³-hybridized carbons (Fsp3) is 0.350. The zero-order valence-corrected chi connectivity index (χ0v) is 13.8. The quantitative estimate of drug-likeness (QED) is 0.878. The largest absolute Gasteiger partial charge is 0.481 e. The van der Waals surface area contributed by atoms with Crippen LogP contribution in [0.15, 0.2) is 42.5 Å². The molecule has 126 valence electrons. The molecule has 0 unspecified atom stereocenters. The molecule has 0 bridgehead atoms. The number of rotatable bonds is 5. The van der Waals surface area contributed by atoms with E-state index < -0.39 is 11.9 Å². The van der Waals surface area contributed by atoms with Gasteiger partial charge < -0.3 is 10.1 Å². The van der Waals surface area contributed by atoms with Crippen molar-refractivity contribution in [3.8, 4) is 5.75 Å². The monoisotopic (exact) mass is 327 g/mol. The van der Waals surface area contributed by atoms with E-state index in [4.69, 9.17) is 4.74 Å². The Morgan fingerprint density at radius 1 is 1.17 bits per heavy atom. The van der Waals surface area contributed by atoms with Gasteiger partial charge >= 0.3 is 0 Å². The van der Waals surface area contributed by atoms with E-state index in [1.165, 1.54) is 30.0 Å². The normalized spacial score (nSPS) is 14.6. The van der Waals surface area contributed by atoms with E-state index >= 15 is 0 Å². The minimum Gasteiger partial charge on any atom is -0.481 e. The highest BCUT2D eigenvalue weighted by atomic mass is 19.1. The van der Waals surface area contributed by atoms with Crippen molar-refractivity contribution in [3.63, 3.8) is 0 Å². The molecule has 0 heterocycles. The third-order valence-electron chi connectivity index (χ3n) is 4.39. The van der Waals surface area contributed by atoms with Gasteiger partial charge in [0.1, 0.15) is 11.6 Å². The number of halogens is 1. The number of anilines is 1. The van der Waals surface area contributed by atoms with E-state index in [-0.39, 0.29) is 11.6 Å². The number of nitrogens with one attached hydrogen (secondary N) is 1. The Balaban J connectivity index is 1.70. The molecule has 0 saturated heterocycles. The summed E-state index contributed by atoms with van der Waals surface area (Å²) in [4.78, 5) is 12.4. The summed E-state index contributed by atoms with van der Waals surface area (Å²) < 4.78 is 19.5. The fourth-order valence-electron chi connectivity index (χ4n) is 3.05. The molecule has 1 aliphatic carbocycles. The van der Waals surface area contributed by atoms with Gasteiger partial charge in [-0.15, -0.1) is 0 Å². The molecule has 3 nitrogen and oxygen atoms in total. The van der Waals surface area contributed by atoms with Crippen LogP contribution in [0.5, 0.6) is 5.75 Å². The van der Waals surface area contributed by atoms with Crippen LogP contribution in [0, 0.1) is 5.82 Å². The Hall–Kier alpha value is -2.36. The highest BCUT2D eigenvalue weighted by molar-refractivity contribution is 5.94. The molecule has 0 radical (unpaired) electrons. The van der Waals surface area contributed by atoms with Gasteiger partial charge in [-0.2, -0.15) is 0 Å². The van der Waals surface area contributed by atoms with Crippen LogP contribution in [-0.2, 0) is 17.6 Å². The lowest BCUT2D eigenvalue weighted by atomic mass is 9.92. The van der Waals surface area contributed by atoms with E-state index in [1.807, 2.05) is 19.1 Å². The third-order valence-corrected chi connectivity index (χ3v) is 4.39. The van der Waals surface area contributed by atoms with E-state index in [2.05, 4.69) is 11.4 Å². The Labute approximate surface area is 141 Å². The lowest BCUT2D eigenvalue weighted by Gasteiger charge is -2.20. The van der Waals surface area contributed by atoms with Gasteiger partial charge in [0.05, 0.1) is 5.69 Å². The molecule has 0 spiro atoms. The molecule has 0 aromatic heterocycles. The SMILES string of the molecule is CC[C@@H](Oc1ccc2c(c1)CCCC2)C(=O)Nc1ccccc1F. The van der Waals surface area contributed by atoms with Gasteiger partial charge in [0.25, 0.3) is 5.91 Å². The molecule has 1 aliphatic rings. The van der Waals surface area contributed by atoms with Crippen LogP contribution in [0.4, 0.5) is 10.1 Å². The summed E-state index contributed by atoms with van der Waals surface area (Å²) in [6.45, 7) is 1.88. The number of ether oxygens (including phenoxy) is 1. The number of hydrogen-bond acceptors (Lipinski definition) is 2. The van der Waals surface area contributed by atoms with Crippen molar-refractivity contribution in [2.75, 3.05) is 5.32 Å². The smallest absolute Gasteiger partial charge is 0.265 e. The molecular weight excluding hydrogens is 305 g/mol. The molecule has 0 fully saturated rings. The average Bonchev–Trinajstić information content (AvgIpc) is 2.61. The highest BCUT2D eigenvalue weighted by Crippen LogP contribution is 2.26. The summed E-state index contributed by atoms with van der Waals surface area (Å²) >= 11 is 0. The number of fused-ring (bicyclic) bond motifs is 1. The number of hydrogen-bond donors (Lipinski definition) is 1. The van der Waals surface area contributed by atoms with Crippen LogP contribution in [0.25, 0.3) is 0 Å². The van der Waals surface area contributed by atoms with Crippen molar-refractivity contribution < 1.29 is 13.9 Å². The first kappa shape index (κ1) is 16.5. The van der Waals surface area contributed by atoms with E-state index in [1.54, 1.807) is 18.2 Å². The Morgan fingerprint density at radius 2 is 1.92 bits per heavy atom. The maximum atomic E-state index is 13.7. The second kappa shape index (κ2) is 7.47. The molecule has 0 saturated carbocycles. The molecule has 3 rings (SSSR count). The van der Waals surface area contributed by atoms with Crippen molar-refractivity contribution in [3.05, 3.63) is 59.4 Å². The van der Waals surface area contributed by atoms with Crippen molar-refractivity contribution in [2.24, 2.45) is 0 Å². The van der Waals surface area contributed by atoms with Crippen molar-refractivity contribution in [1.29, 1.82) is 0 Å². The van der Waals surface area contributed by atoms with Gasteiger partial charge in [0, 0.05) is 0 Å². The summed E-state index contributed by atoms with van der Waals surface area (Å²) in [5.74, 6) is -0.0824. The summed E-state index contributed by atoms with van der Waals surface area (Å²) in [6.07, 6.45) is 4.46. The number of carbonyl (C=O) groups is 1. The first-order chi connectivity index (χ1) is 11.7. The maximum Gasteiger partial charge on any atom is 0.265 e. The topological polar surface area (TPSA) is 38.3 Å². The Morgan fingerprint density at radius 3 is 2.67 bits per heavy atom. The van der Waals surface area contributed by atoms with E-state index in [9.17, 15) is 9.18 Å². The molecule has 0 aliphatic heterocycles. The second-order valence-corrected chi connectivity index (χ2v) is 6.12. The minimum atomic E-state index is -0.647. The molecule has 1 atom stereocenters. The number of amides is 1. The Kier molecular flexibility index (Phi) is 5.14. The van der Waals surface area contributed by atoms with Crippen LogP contribution in [0.3, 0.4) is 0 Å². The molecular formula is C20H22FNO2. The van der Waals surface area contributed by atoms with Crippen LogP contribution in [0.1, 0.15) is 37.3 Å². The molecule has 24 heavy (non-hydrogen) atoms. The minimum absolute atomic E-state index is 0.176. The number of carbonyl (C=O) groups excluding carboxylic acids is 1. The summed E-state index contributed by atoms with van der Waals surface area (Å²) in [5, 5.41) is 2.60. The van der Waals surface area contributed by atoms with E-state index in [0.717, 1.165) is 12.8 Å². The maximum absolute atomic E-state index is 13.7. The van der Waals surface area contributed by atoms with Crippen molar-refractivity contribution in [1.82, 2.24) is 0 Å². The lowest BCUT2D eigenvalue weighted by molar-refractivity contribution is -0.122. The lowest BCUT2D eigenvalue weighted by Crippen LogP contribution is -2.32. The molecule has 1 amide bonds. The third kappa shape index (κ3) is 3.75. The first-order valence-corrected chi connectivity index (χ1v) is 8.51. The van der Waals surface area contributed by atoms with Gasteiger partial charge in [0.2, 0.25) is 0 Å². The van der Waals surface area contributed by atoms with Gasteiger partial charge in [0.15, 0.2) is 6.10 Å². The van der Waals surface area contributed by atoms with Gasteiger partial charge in [-0.1, -0.05) is 25.1 Å². The molecule has 2 aromatic carbocycles. The second-order valence-electron chi connectivity index (χ2n) is 6.12. The van der Waals surface area contributed by atoms with Crippen LogP contribution in [0.2, 0.25) is 0 Å². The standard InChI is InChI=1S/C20H22FNO2/c1-2-19(20(23)22-18-10-6-5-9-17(18)21)24-16-12-11-14-7-3-4-8-15(14)13-16/h5-6,9-13,19H,2-4,7-8H2,1H3,(H,22,23)/t19-/m1/s1. The number of aryl methyl sites for hydroxylation is 2. The number of benzene rings is 2. The van der Waals surface area contributed by atoms with Crippen LogP contribution < -0.4 is 10.1 Å². The zero-order chi connectivity index (χ0) is 16.9. The predicted octanol–water partition coefficient (Wildman–Crippen LogP) is 4.50. The highest BCUT2D eigenvalue weighted by Gasteiger charge is 2.20. The summed E-state index contributed by atoms with van der Waals surface area (Å²) in [7, 11) is 0. The summed E-state index contributed by atoms with van der Waals surface area (Å²) in [6, 6.07) is 12.2. The van der Waals surface area contributed by atoms with E-state index in [0.29, 0.717) is 12.2 Å². The van der Waals surface area contributed by atoms with Crippen molar-refractivity contribution >= 4 is 11.6 Å². The van der Waals surface area contributed by atoms with Crippen LogP contribution >= 0.6 is 0 Å². The van der Waals surface area contributed by atoms with Crippen LogP contribution in [-0.4, -0.2) is 12.0 Å². The fourth-order valence-corrected chi connectivity index (χ4v) is 3.05. The Bertz CT molecular complexity index is 729. The van der Waals surface area contributed by atoms with Gasteiger partial charge in [-0.3, -0.25) is 4.79 Å². The molecule has 1 N–H and O–H groups in total. The predicted molar refractivity (Wildman–Crippen MR) is 92.8 cm³/mol.